The average Bonchev–Trinajstić information content (AvgIpc) is 3.06. The molecule has 0 fully saturated rings. The molecular weight excluding hydrogens is 374 g/mol. The van der Waals surface area contributed by atoms with Gasteiger partial charge in [0.25, 0.3) is 5.91 Å². The fourth-order valence-electron chi connectivity index (χ4n) is 3.88. The Labute approximate surface area is 169 Å². The van der Waals surface area contributed by atoms with Gasteiger partial charge < -0.3 is 20.1 Å². The van der Waals surface area contributed by atoms with Crippen LogP contribution in [-0.2, 0) is 13.0 Å². The van der Waals surface area contributed by atoms with Crippen LogP contribution in [0.2, 0.25) is 0 Å². The lowest BCUT2D eigenvalue weighted by atomic mass is 9.99. The number of carbonyl (C=O) groups is 1. The molecule has 0 unspecified atom stereocenters. The van der Waals surface area contributed by atoms with Crippen LogP contribution in [-0.4, -0.2) is 37.1 Å². The van der Waals surface area contributed by atoms with E-state index in [1.807, 2.05) is 25.1 Å². The normalized spacial score (nSPS) is 18.9. The maximum absolute atomic E-state index is 12.9. The van der Waals surface area contributed by atoms with E-state index in [4.69, 9.17) is 9.47 Å². The van der Waals surface area contributed by atoms with Crippen LogP contribution in [0.4, 0.5) is 5.00 Å². The van der Waals surface area contributed by atoms with Gasteiger partial charge in [0.05, 0.1) is 19.3 Å². The first-order chi connectivity index (χ1) is 13.5. The minimum absolute atomic E-state index is 0.00194. The molecular formula is C21H27N3O3S. The van der Waals surface area contributed by atoms with Gasteiger partial charge in [0.2, 0.25) is 0 Å². The molecule has 1 aromatic heterocycles. The molecule has 2 N–H and O–H groups in total. The SMILES string of the molecule is CCOc1ccc([C@@H]2NC(=O)c3c(sc4c3CCN(C(C)C)C4)N2)cc1OC. The maximum Gasteiger partial charge on any atom is 0.256 e. The number of methoxy groups -OCH3 is 1. The Morgan fingerprint density at radius 3 is 2.82 bits per heavy atom. The molecule has 6 nitrogen and oxygen atoms in total. The van der Waals surface area contributed by atoms with Crippen molar-refractivity contribution in [1.29, 1.82) is 0 Å². The topological polar surface area (TPSA) is 62.8 Å². The number of ether oxygens (including phenoxy) is 2. The Kier molecular flexibility index (Phi) is 5.21. The fraction of sp³-hybridized carbons (Fsp3) is 0.476. The van der Waals surface area contributed by atoms with E-state index < -0.39 is 0 Å². The van der Waals surface area contributed by atoms with Crippen LogP contribution < -0.4 is 20.1 Å². The van der Waals surface area contributed by atoms with Crippen LogP contribution in [0.1, 0.15) is 53.3 Å². The Bertz CT molecular complexity index is 893. The first-order valence-corrected chi connectivity index (χ1v) is 10.6. The highest BCUT2D eigenvalue weighted by molar-refractivity contribution is 7.16. The fourth-order valence-corrected chi connectivity index (χ4v) is 5.18. The van der Waals surface area contributed by atoms with E-state index in [2.05, 4.69) is 29.4 Å². The number of rotatable bonds is 5. The van der Waals surface area contributed by atoms with E-state index in [1.165, 1.54) is 10.4 Å². The van der Waals surface area contributed by atoms with Crippen LogP contribution in [0.15, 0.2) is 18.2 Å². The van der Waals surface area contributed by atoms with Crippen LogP contribution in [0.5, 0.6) is 11.5 Å². The number of amides is 1. The predicted molar refractivity (Wildman–Crippen MR) is 112 cm³/mol. The summed E-state index contributed by atoms with van der Waals surface area (Å²) < 4.78 is 11.1. The molecule has 3 heterocycles. The zero-order chi connectivity index (χ0) is 19.8. The molecule has 0 aliphatic carbocycles. The van der Waals surface area contributed by atoms with Crippen molar-refractivity contribution in [3.05, 3.63) is 39.8 Å². The van der Waals surface area contributed by atoms with Gasteiger partial charge in [-0.15, -0.1) is 11.3 Å². The second kappa shape index (κ2) is 7.64. The summed E-state index contributed by atoms with van der Waals surface area (Å²) in [7, 11) is 1.63. The van der Waals surface area contributed by atoms with E-state index in [0.29, 0.717) is 24.1 Å². The summed E-state index contributed by atoms with van der Waals surface area (Å²) >= 11 is 1.71. The molecule has 7 heteroatoms. The smallest absolute Gasteiger partial charge is 0.256 e. The molecule has 0 bridgehead atoms. The Hall–Kier alpha value is -2.25. The summed E-state index contributed by atoms with van der Waals surface area (Å²) in [5, 5.41) is 7.60. The number of nitrogens with one attached hydrogen (secondary N) is 2. The molecule has 0 radical (unpaired) electrons. The van der Waals surface area contributed by atoms with Crippen molar-refractivity contribution >= 4 is 22.2 Å². The highest BCUT2D eigenvalue weighted by Crippen LogP contribution is 2.41. The number of anilines is 1. The van der Waals surface area contributed by atoms with Crippen molar-refractivity contribution in [2.75, 3.05) is 25.6 Å². The number of hydrogen-bond acceptors (Lipinski definition) is 6. The lowest BCUT2D eigenvalue weighted by molar-refractivity contribution is 0.0934. The molecule has 2 aromatic rings. The summed E-state index contributed by atoms with van der Waals surface area (Å²) in [4.78, 5) is 16.7. The molecule has 2 aliphatic heterocycles. The van der Waals surface area contributed by atoms with Gasteiger partial charge in [-0.25, -0.2) is 0 Å². The summed E-state index contributed by atoms with van der Waals surface area (Å²) in [6.07, 6.45) is 0.640. The van der Waals surface area contributed by atoms with E-state index >= 15 is 0 Å². The van der Waals surface area contributed by atoms with Gasteiger partial charge in [-0.3, -0.25) is 9.69 Å². The predicted octanol–water partition coefficient (Wildman–Crippen LogP) is 3.78. The van der Waals surface area contributed by atoms with E-state index in [9.17, 15) is 4.79 Å². The standard InChI is InChI=1S/C21H27N3O3S/c1-5-27-15-7-6-13(10-16(15)26-4)19-22-20(25)18-14-8-9-24(12(2)3)11-17(14)28-21(18)23-19/h6-7,10,12,19,23H,5,8-9,11H2,1-4H3,(H,22,25)/t19-/m1/s1. The summed E-state index contributed by atoms with van der Waals surface area (Å²) in [6, 6.07) is 6.28. The van der Waals surface area contributed by atoms with Crippen molar-refractivity contribution in [3.8, 4) is 11.5 Å². The van der Waals surface area contributed by atoms with Gasteiger partial charge >= 0.3 is 0 Å². The van der Waals surface area contributed by atoms with Crippen LogP contribution in [0.25, 0.3) is 0 Å². The third kappa shape index (κ3) is 3.33. The highest BCUT2D eigenvalue weighted by atomic mass is 32.1. The van der Waals surface area contributed by atoms with Gasteiger partial charge in [0.1, 0.15) is 11.2 Å². The highest BCUT2D eigenvalue weighted by Gasteiger charge is 2.33. The van der Waals surface area contributed by atoms with Crippen molar-refractivity contribution < 1.29 is 14.3 Å². The third-order valence-electron chi connectivity index (χ3n) is 5.42. The van der Waals surface area contributed by atoms with Crippen LogP contribution in [0.3, 0.4) is 0 Å². The van der Waals surface area contributed by atoms with E-state index in [1.54, 1.807) is 18.4 Å². The molecule has 2 aliphatic rings. The van der Waals surface area contributed by atoms with Crippen molar-refractivity contribution in [3.63, 3.8) is 0 Å². The number of hydrogen-bond donors (Lipinski definition) is 2. The van der Waals surface area contributed by atoms with Gasteiger partial charge in [-0.2, -0.15) is 0 Å². The molecule has 150 valence electrons. The summed E-state index contributed by atoms with van der Waals surface area (Å²) in [6.45, 7) is 8.88. The van der Waals surface area contributed by atoms with Gasteiger partial charge in [-0.05, 0) is 50.5 Å². The molecule has 0 saturated carbocycles. The average molecular weight is 402 g/mol. The molecule has 0 spiro atoms. The lowest BCUT2D eigenvalue weighted by Gasteiger charge is -2.31. The van der Waals surface area contributed by atoms with Gasteiger partial charge in [0.15, 0.2) is 11.5 Å². The third-order valence-corrected chi connectivity index (χ3v) is 6.56. The van der Waals surface area contributed by atoms with E-state index in [-0.39, 0.29) is 12.1 Å². The molecule has 1 atom stereocenters. The quantitative estimate of drug-likeness (QED) is 0.798. The number of thiophene rings is 1. The Balaban J connectivity index is 1.62. The number of fused-ring (bicyclic) bond motifs is 3. The molecule has 1 amide bonds. The Morgan fingerprint density at radius 1 is 1.29 bits per heavy atom. The number of carbonyl (C=O) groups excluding carboxylic acids is 1. The number of nitrogens with zero attached hydrogens (tertiary/aromatic N) is 1. The van der Waals surface area contributed by atoms with Crippen LogP contribution in [0, 0.1) is 0 Å². The first kappa shape index (κ1) is 19.1. The molecule has 0 saturated heterocycles. The lowest BCUT2D eigenvalue weighted by Crippen LogP contribution is -2.39. The summed E-state index contributed by atoms with van der Waals surface area (Å²) in [5.41, 5.74) is 2.98. The zero-order valence-electron chi connectivity index (χ0n) is 16.8. The minimum Gasteiger partial charge on any atom is -0.493 e. The van der Waals surface area contributed by atoms with Gasteiger partial charge in [-0.1, -0.05) is 6.07 Å². The van der Waals surface area contributed by atoms with Gasteiger partial charge in [0, 0.05) is 24.0 Å². The maximum atomic E-state index is 12.9. The van der Waals surface area contributed by atoms with Crippen molar-refractivity contribution in [1.82, 2.24) is 10.2 Å². The molecule has 1 aromatic carbocycles. The largest absolute Gasteiger partial charge is 0.493 e. The molecule has 28 heavy (non-hydrogen) atoms. The Morgan fingerprint density at radius 2 is 2.11 bits per heavy atom. The monoisotopic (exact) mass is 401 g/mol. The zero-order valence-corrected chi connectivity index (χ0v) is 17.6. The van der Waals surface area contributed by atoms with Crippen LogP contribution >= 0.6 is 11.3 Å². The molecule has 4 rings (SSSR count). The number of benzene rings is 1. The minimum atomic E-state index is -0.286. The second-order valence-electron chi connectivity index (χ2n) is 7.42. The van der Waals surface area contributed by atoms with Crippen molar-refractivity contribution in [2.24, 2.45) is 0 Å². The van der Waals surface area contributed by atoms with E-state index in [0.717, 1.165) is 35.6 Å². The second-order valence-corrected chi connectivity index (χ2v) is 8.52. The van der Waals surface area contributed by atoms with Crippen molar-refractivity contribution in [2.45, 2.75) is 45.9 Å². The summed E-state index contributed by atoms with van der Waals surface area (Å²) in [5.74, 6) is 1.37. The first-order valence-electron chi connectivity index (χ1n) is 9.78.